The largest absolute Gasteiger partial charge is 0.323 e. The molecule has 0 aliphatic heterocycles. The van der Waals surface area contributed by atoms with Crippen LogP contribution in [-0.2, 0) is 0 Å². The van der Waals surface area contributed by atoms with Crippen molar-refractivity contribution in [2.75, 3.05) is 0 Å². The third kappa shape index (κ3) is 4.92. The molecule has 19 heavy (non-hydrogen) atoms. The molecule has 0 aliphatic rings. The molecule has 1 heterocycles. The zero-order valence-corrected chi connectivity index (χ0v) is 14.7. The van der Waals surface area contributed by atoms with Gasteiger partial charge in [0.2, 0.25) is 0 Å². The van der Waals surface area contributed by atoms with Gasteiger partial charge < -0.3 is 5.73 Å². The van der Waals surface area contributed by atoms with Gasteiger partial charge in [-0.3, -0.25) is 4.68 Å². The fourth-order valence-electron chi connectivity index (χ4n) is 2.78. The Balaban J connectivity index is 2.78. The highest BCUT2D eigenvalue weighted by atomic mass is 79.9. The Hall–Kier alpha value is -0.350. The Morgan fingerprint density at radius 2 is 1.89 bits per heavy atom. The molecular weight excluding hydrogens is 302 g/mol. The molecule has 1 aromatic rings. The number of hydrogen-bond acceptors (Lipinski definition) is 2. The van der Waals surface area contributed by atoms with Crippen molar-refractivity contribution in [1.82, 2.24) is 9.78 Å². The summed E-state index contributed by atoms with van der Waals surface area (Å²) >= 11 is 3.57. The smallest absolute Gasteiger partial charge is 0.0696 e. The molecule has 1 aromatic heterocycles. The zero-order chi connectivity index (χ0) is 14.8. The van der Waals surface area contributed by atoms with E-state index in [2.05, 4.69) is 62.6 Å². The van der Waals surface area contributed by atoms with Gasteiger partial charge in [0.1, 0.15) is 0 Å². The fraction of sp³-hybridized carbons (Fsp3) is 0.800. The predicted molar refractivity (Wildman–Crippen MR) is 85.1 cm³/mol. The summed E-state index contributed by atoms with van der Waals surface area (Å²) in [6.07, 6.45) is 4.03. The topological polar surface area (TPSA) is 43.8 Å². The van der Waals surface area contributed by atoms with Gasteiger partial charge in [-0.15, -0.1) is 0 Å². The van der Waals surface area contributed by atoms with E-state index in [1.165, 1.54) is 6.42 Å². The van der Waals surface area contributed by atoms with E-state index >= 15 is 0 Å². The fourth-order valence-corrected chi connectivity index (χ4v) is 3.35. The van der Waals surface area contributed by atoms with Crippen LogP contribution in [0.1, 0.15) is 72.2 Å². The Bertz CT molecular complexity index is 404. The summed E-state index contributed by atoms with van der Waals surface area (Å²) in [4.78, 5) is 0. The lowest BCUT2D eigenvalue weighted by Gasteiger charge is -2.26. The Morgan fingerprint density at radius 3 is 2.37 bits per heavy atom. The van der Waals surface area contributed by atoms with Crippen molar-refractivity contribution in [3.05, 3.63) is 16.4 Å². The lowest BCUT2D eigenvalue weighted by Crippen LogP contribution is -2.22. The van der Waals surface area contributed by atoms with E-state index in [1.807, 2.05) is 10.9 Å². The predicted octanol–water partition coefficient (Wildman–Crippen LogP) is 4.69. The molecule has 2 unspecified atom stereocenters. The normalized spacial score (nSPS) is 15.8. The summed E-state index contributed by atoms with van der Waals surface area (Å²) in [7, 11) is 0. The SMILES string of the molecule is CC(CC(N)c1c(Br)cnn1C(C)C)CC(C)(C)C. The van der Waals surface area contributed by atoms with Crippen LogP contribution < -0.4 is 5.73 Å². The van der Waals surface area contributed by atoms with Crippen molar-refractivity contribution in [3.63, 3.8) is 0 Å². The maximum atomic E-state index is 6.41. The van der Waals surface area contributed by atoms with E-state index in [0.29, 0.717) is 17.4 Å². The molecule has 0 aliphatic carbocycles. The molecule has 2 N–H and O–H groups in total. The highest BCUT2D eigenvalue weighted by Gasteiger charge is 2.22. The van der Waals surface area contributed by atoms with E-state index in [9.17, 15) is 0 Å². The average molecular weight is 330 g/mol. The second-order valence-corrected chi connectivity index (χ2v) is 7.98. The quantitative estimate of drug-likeness (QED) is 0.851. The molecule has 0 saturated heterocycles. The molecule has 0 fully saturated rings. The zero-order valence-electron chi connectivity index (χ0n) is 13.1. The third-order valence-electron chi connectivity index (χ3n) is 3.24. The van der Waals surface area contributed by atoms with E-state index < -0.39 is 0 Å². The first kappa shape index (κ1) is 16.7. The van der Waals surface area contributed by atoms with Crippen molar-refractivity contribution < 1.29 is 0 Å². The Labute approximate surface area is 126 Å². The molecule has 0 bridgehead atoms. The van der Waals surface area contributed by atoms with Gasteiger partial charge in [-0.1, -0.05) is 27.7 Å². The van der Waals surface area contributed by atoms with Crippen LogP contribution in [0, 0.1) is 11.3 Å². The first-order chi connectivity index (χ1) is 8.61. The van der Waals surface area contributed by atoms with Crippen LogP contribution in [0.2, 0.25) is 0 Å². The maximum Gasteiger partial charge on any atom is 0.0696 e. The second-order valence-electron chi connectivity index (χ2n) is 7.13. The minimum absolute atomic E-state index is 0.0385. The second kappa shape index (κ2) is 6.40. The summed E-state index contributed by atoms with van der Waals surface area (Å²) in [5.74, 6) is 0.609. The molecule has 2 atom stereocenters. The summed E-state index contributed by atoms with van der Waals surface area (Å²) < 4.78 is 3.05. The number of aromatic nitrogens is 2. The van der Waals surface area contributed by atoms with Gasteiger partial charge in [-0.25, -0.2) is 0 Å². The van der Waals surface area contributed by atoms with Gasteiger partial charge in [-0.2, -0.15) is 5.10 Å². The van der Waals surface area contributed by atoms with Gasteiger partial charge in [0.05, 0.1) is 16.4 Å². The molecular formula is C15H28BrN3. The molecule has 3 nitrogen and oxygen atoms in total. The number of hydrogen-bond donors (Lipinski definition) is 1. The molecule has 0 aromatic carbocycles. The Kier molecular flexibility index (Phi) is 5.63. The van der Waals surface area contributed by atoms with E-state index in [-0.39, 0.29) is 6.04 Å². The van der Waals surface area contributed by atoms with Crippen molar-refractivity contribution in [1.29, 1.82) is 0 Å². The van der Waals surface area contributed by atoms with Crippen LogP contribution in [-0.4, -0.2) is 9.78 Å². The van der Waals surface area contributed by atoms with Gasteiger partial charge in [-0.05, 0) is 54.0 Å². The monoisotopic (exact) mass is 329 g/mol. The highest BCUT2D eigenvalue weighted by Crippen LogP contribution is 2.32. The molecule has 110 valence electrons. The minimum atomic E-state index is 0.0385. The Morgan fingerprint density at radius 1 is 1.32 bits per heavy atom. The van der Waals surface area contributed by atoms with Crippen LogP contribution in [0.5, 0.6) is 0 Å². The van der Waals surface area contributed by atoms with E-state index in [1.54, 1.807) is 0 Å². The summed E-state index contributed by atoms with van der Waals surface area (Å²) in [6, 6.07) is 0.377. The molecule has 4 heteroatoms. The molecule has 0 radical (unpaired) electrons. The molecule has 0 saturated carbocycles. The van der Waals surface area contributed by atoms with Crippen LogP contribution in [0.15, 0.2) is 10.7 Å². The van der Waals surface area contributed by atoms with E-state index in [0.717, 1.165) is 16.6 Å². The first-order valence-corrected chi connectivity index (χ1v) is 7.89. The van der Waals surface area contributed by atoms with E-state index in [4.69, 9.17) is 5.73 Å². The van der Waals surface area contributed by atoms with Gasteiger partial charge >= 0.3 is 0 Å². The van der Waals surface area contributed by atoms with Crippen LogP contribution >= 0.6 is 15.9 Å². The molecule has 0 amide bonds. The molecule has 0 spiro atoms. The average Bonchev–Trinajstić information content (AvgIpc) is 2.56. The first-order valence-electron chi connectivity index (χ1n) is 7.10. The van der Waals surface area contributed by atoms with Crippen LogP contribution in [0.4, 0.5) is 0 Å². The molecule has 1 rings (SSSR count). The van der Waals surface area contributed by atoms with Crippen LogP contribution in [0.3, 0.4) is 0 Å². The maximum absolute atomic E-state index is 6.41. The number of nitrogens with two attached hydrogens (primary N) is 1. The summed E-state index contributed by atoms with van der Waals surface area (Å²) in [5.41, 5.74) is 7.88. The number of halogens is 1. The standard InChI is InChI=1S/C15H28BrN3/c1-10(2)19-14(12(16)9-18-19)13(17)7-11(3)8-15(4,5)6/h9-11,13H,7-8,17H2,1-6H3. The summed E-state index contributed by atoms with van der Waals surface area (Å²) in [5, 5.41) is 4.41. The summed E-state index contributed by atoms with van der Waals surface area (Å²) in [6.45, 7) is 13.4. The third-order valence-corrected chi connectivity index (χ3v) is 3.86. The van der Waals surface area contributed by atoms with Gasteiger partial charge in [0.15, 0.2) is 0 Å². The number of nitrogens with zero attached hydrogens (tertiary/aromatic N) is 2. The van der Waals surface area contributed by atoms with Gasteiger partial charge in [0, 0.05) is 12.1 Å². The number of rotatable bonds is 5. The van der Waals surface area contributed by atoms with Crippen LogP contribution in [0.25, 0.3) is 0 Å². The lowest BCUT2D eigenvalue weighted by atomic mass is 9.82. The lowest BCUT2D eigenvalue weighted by molar-refractivity contribution is 0.282. The van der Waals surface area contributed by atoms with Crippen molar-refractivity contribution in [3.8, 4) is 0 Å². The van der Waals surface area contributed by atoms with Gasteiger partial charge in [0.25, 0.3) is 0 Å². The highest BCUT2D eigenvalue weighted by molar-refractivity contribution is 9.10. The van der Waals surface area contributed by atoms with Crippen molar-refractivity contribution in [2.24, 2.45) is 17.1 Å². The van der Waals surface area contributed by atoms with Crippen molar-refractivity contribution in [2.45, 2.75) is 66.5 Å². The minimum Gasteiger partial charge on any atom is -0.323 e. The van der Waals surface area contributed by atoms with Crippen molar-refractivity contribution >= 4 is 15.9 Å².